The predicted octanol–water partition coefficient (Wildman–Crippen LogP) is 0.779. The molecule has 1 atom stereocenters. The first-order valence-electron chi connectivity index (χ1n) is 4.64. The lowest BCUT2D eigenvalue weighted by Crippen LogP contribution is -2.32. The van der Waals surface area contributed by atoms with Crippen molar-refractivity contribution in [2.75, 3.05) is 5.73 Å². The molecule has 6 nitrogen and oxygen atoms in total. The molecule has 0 saturated heterocycles. The van der Waals surface area contributed by atoms with Crippen molar-refractivity contribution in [1.82, 2.24) is 20.2 Å². The number of nitrogens with two attached hydrogens (primary N) is 1. The third-order valence-electron chi connectivity index (χ3n) is 2.38. The Balaban J connectivity index is 2.31. The average Bonchev–Trinajstić information content (AvgIpc) is 2.69. The predicted molar refractivity (Wildman–Crippen MR) is 52.7 cm³/mol. The summed E-state index contributed by atoms with van der Waals surface area (Å²) in [5.41, 5.74) is 6.71. The van der Waals surface area contributed by atoms with Crippen LogP contribution in [0.25, 0.3) is 5.69 Å². The van der Waals surface area contributed by atoms with Crippen LogP contribution in [0.3, 0.4) is 0 Å². The third kappa shape index (κ3) is 1.08. The second-order valence-corrected chi connectivity index (χ2v) is 3.66. The minimum absolute atomic E-state index is 0.00519. The minimum atomic E-state index is -2.04. The Bertz CT molecular complexity index is 565. The Morgan fingerprint density at radius 3 is 3.12 bits per heavy atom. The third-order valence-corrected chi connectivity index (χ3v) is 2.38. The van der Waals surface area contributed by atoms with Crippen molar-refractivity contribution in [3.05, 3.63) is 24.0 Å². The smallest absolute Gasteiger partial charge is 0.307 e. The number of halogens is 1. The molecule has 7 heteroatoms. The van der Waals surface area contributed by atoms with E-state index in [4.69, 9.17) is 10.5 Å². The lowest BCUT2D eigenvalue weighted by molar-refractivity contribution is -0.0667. The van der Waals surface area contributed by atoms with Crippen LogP contribution in [0.2, 0.25) is 0 Å². The Morgan fingerprint density at radius 2 is 2.31 bits per heavy atom. The molecule has 0 aliphatic carbocycles. The van der Waals surface area contributed by atoms with Gasteiger partial charge in [0.05, 0.1) is 0 Å². The maximum atomic E-state index is 14.1. The molecule has 3 rings (SSSR count). The molecular formula is C9H8FN5O. The van der Waals surface area contributed by atoms with Gasteiger partial charge in [-0.2, -0.15) is 9.07 Å². The number of hydrogen-bond donors (Lipinski definition) is 1. The van der Waals surface area contributed by atoms with Crippen molar-refractivity contribution >= 4 is 5.69 Å². The fourth-order valence-corrected chi connectivity index (χ4v) is 1.67. The number of aromatic nitrogens is 4. The topological polar surface area (TPSA) is 78.9 Å². The molecule has 16 heavy (non-hydrogen) atoms. The van der Waals surface area contributed by atoms with E-state index >= 15 is 0 Å². The number of fused-ring (bicyclic) bond motifs is 3. The summed E-state index contributed by atoms with van der Waals surface area (Å²) in [5, 5.41) is 10.7. The van der Waals surface area contributed by atoms with E-state index in [1.807, 2.05) is 0 Å². The van der Waals surface area contributed by atoms with E-state index in [9.17, 15) is 4.39 Å². The second kappa shape index (κ2) is 2.69. The normalized spacial score (nSPS) is 22.1. The molecule has 0 saturated carbocycles. The molecule has 1 aromatic carbocycles. The standard InChI is InChI=1S/C9H8FN5O/c1-9(10)8-12-13-14-15(8)6-4-5(11)2-3-7(6)16-9/h2-4H,11H2,1H3. The van der Waals surface area contributed by atoms with Gasteiger partial charge in [-0.1, -0.05) is 0 Å². The van der Waals surface area contributed by atoms with E-state index in [1.165, 1.54) is 11.6 Å². The number of nitrogen functional groups attached to an aromatic ring is 1. The van der Waals surface area contributed by atoms with E-state index < -0.39 is 5.85 Å². The Hall–Kier alpha value is -2.18. The first-order valence-corrected chi connectivity index (χ1v) is 4.64. The number of hydrogen-bond acceptors (Lipinski definition) is 5. The Morgan fingerprint density at radius 1 is 1.50 bits per heavy atom. The van der Waals surface area contributed by atoms with Gasteiger partial charge in [-0.25, -0.2) is 0 Å². The van der Waals surface area contributed by atoms with E-state index in [2.05, 4.69) is 15.5 Å². The number of nitrogens with zero attached hydrogens (tertiary/aromatic N) is 4. The molecule has 1 aliphatic rings. The van der Waals surface area contributed by atoms with Crippen molar-refractivity contribution in [1.29, 1.82) is 0 Å². The molecule has 0 fully saturated rings. The van der Waals surface area contributed by atoms with Gasteiger partial charge in [0.1, 0.15) is 11.4 Å². The SMILES string of the molecule is CC1(F)Oc2ccc(N)cc2-n2nnnc21. The van der Waals surface area contributed by atoms with Crippen LogP contribution in [0.1, 0.15) is 12.7 Å². The first kappa shape index (κ1) is 9.08. The molecule has 82 valence electrons. The summed E-state index contributed by atoms with van der Waals surface area (Å²) in [6.45, 7) is 1.26. The average molecular weight is 221 g/mol. The molecule has 2 heterocycles. The van der Waals surface area contributed by atoms with Gasteiger partial charge in [0, 0.05) is 12.6 Å². The van der Waals surface area contributed by atoms with Crippen LogP contribution in [-0.2, 0) is 5.85 Å². The zero-order valence-electron chi connectivity index (χ0n) is 8.38. The highest BCUT2D eigenvalue weighted by Crippen LogP contribution is 2.38. The van der Waals surface area contributed by atoms with Gasteiger partial charge < -0.3 is 10.5 Å². The molecule has 1 aromatic heterocycles. The number of tetrazole rings is 1. The Labute approximate surface area is 89.8 Å². The summed E-state index contributed by atoms with van der Waals surface area (Å²) in [4.78, 5) is 0. The minimum Gasteiger partial charge on any atom is -0.449 e. The summed E-state index contributed by atoms with van der Waals surface area (Å²) in [5.74, 6) is -1.67. The van der Waals surface area contributed by atoms with E-state index in [-0.39, 0.29) is 5.82 Å². The van der Waals surface area contributed by atoms with Gasteiger partial charge in [-0.15, -0.1) is 5.10 Å². The van der Waals surface area contributed by atoms with Gasteiger partial charge in [0.15, 0.2) is 0 Å². The molecule has 0 radical (unpaired) electrons. The molecule has 1 aliphatic heterocycles. The van der Waals surface area contributed by atoms with Gasteiger partial charge >= 0.3 is 5.85 Å². The number of ether oxygens (including phenoxy) is 1. The van der Waals surface area contributed by atoms with Crippen LogP contribution in [0.4, 0.5) is 10.1 Å². The summed E-state index contributed by atoms with van der Waals surface area (Å²) in [6.07, 6.45) is 0. The van der Waals surface area contributed by atoms with Crippen LogP contribution in [0.15, 0.2) is 18.2 Å². The highest BCUT2D eigenvalue weighted by Gasteiger charge is 2.40. The highest BCUT2D eigenvalue weighted by atomic mass is 19.2. The lowest BCUT2D eigenvalue weighted by Gasteiger charge is -2.27. The zero-order chi connectivity index (χ0) is 11.3. The Kier molecular flexibility index (Phi) is 1.52. The summed E-state index contributed by atoms with van der Waals surface area (Å²) in [6, 6.07) is 4.85. The molecule has 1 unspecified atom stereocenters. The summed E-state index contributed by atoms with van der Waals surface area (Å²) in [7, 11) is 0. The van der Waals surface area contributed by atoms with Gasteiger partial charge in [-0.3, -0.25) is 0 Å². The van der Waals surface area contributed by atoms with Gasteiger partial charge in [-0.05, 0) is 28.6 Å². The second-order valence-electron chi connectivity index (χ2n) is 3.66. The fraction of sp³-hybridized carbons (Fsp3) is 0.222. The molecule has 0 spiro atoms. The number of alkyl halides is 1. The van der Waals surface area contributed by atoms with Gasteiger partial charge in [0.2, 0.25) is 5.82 Å². The number of benzene rings is 1. The first-order chi connectivity index (χ1) is 7.58. The van der Waals surface area contributed by atoms with Crippen LogP contribution in [-0.4, -0.2) is 20.2 Å². The fourth-order valence-electron chi connectivity index (χ4n) is 1.67. The van der Waals surface area contributed by atoms with Gasteiger partial charge in [0.25, 0.3) is 0 Å². The highest BCUT2D eigenvalue weighted by molar-refractivity contribution is 5.57. The quantitative estimate of drug-likeness (QED) is 0.665. The van der Waals surface area contributed by atoms with Crippen LogP contribution < -0.4 is 10.5 Å². The van der Waals surface area contributed by atoms with Crippen LogP contribution >= 0.6 is 0 Å². The van der Waals surface area contributed by atoms with Crippen molar-refractivity contribution < 1.29 is 9.13 Å². The summed E-state index contributed by atoms with van der Waals surface area (Å²) < 4.78 is 20.5. The van der Waals surface area contributed by atoms with E-state index in [0.29, 0.717) is 17.1 Å². The molecule has 0 amide bonds. The number of rotatable bonds is 0. The zero-order valence-corrected chi connectivity index (χ0v) is 8.38. The molecule has 0 bridgehead atoms. The van der Waals surface area contributed by atoms with Crippen molar-refractivity contribution in [3.63, 3.8) is 0 Å². The number of anilines is 1. The molecule has 2 N–H and O–H groups in total. The van der Waals surface area contributed by atoms with E-state index in [0.717, 1.165) is 0 Å². The van der Waals surface area contributed by atoms with Crippen molar-refractivity contribution in [3.8, 4) is 11.4 Å². The van der Waals surface area contributed by atoms with Crippen molar-refractivity contribution in [2.45, 2.75) is 12.8 Å². The van der Waals surface area contributed by atoms with Crippen molar-refractivity contribution in [2.24, 2.45) is 0 Å². The molecule has 2 aromatic rings. The molecular weight excluding hydrogens is 213 g/mol. The maximum Gasteiger partial charge on any atom is 0.307 e. The van der Waals surface area contributed by atoms with E-state index in [1.54, 1.807) is 18.2 Å². The van der Waals surface area contributed by atoms with Crippen LogP contribution in [0.5, 0.6) is 5.75 Å². The monoisotopic (exact) mass is 221 g/mol. The largest absolute Gasteiger partial charge is 0.449 e. The van der Waals surface area contributed by atoms with Crippen LogP contribution in [0, 0.1) is 0 Å². The summed E-state index contributed by atoms with van der Waals surface area (Å²) >= 11 is 0. The maximum absolute atomic E-state index is 14.1. The lowest BCUT2D eigenvalue weighted by atomic mass is 10.2.